The Morgan fingerprint density at radius 3 is 2.46 bits per heavy atom. The van der Waals surface area contributed by atoms with Crippen LogP contribution in [0.1, 0.15) is 91.6 Å². The maximum Gasteiger partial charge on any atom is 0.310 e. The van der Waals surface area contributed by atoms with Gasteiger partial charge in [-0.1, -0.05) is 18.2 Å². The highest BCUT2D eigenvalue weighted by atomic mass is 32.2. The Hall–Kier alpha value is -4.11. The minimum atomic E-state index is -4.09. The summed E-state index contributed by atoms with van der Waals surface area (Å²) in [6.07, 6.45) is 5.33. The number of hydrogen-bond donors (Lipinski definition) is 2. The number of carboxylic acids is 1. The molecule has 2 atom stereocenters. The maximum atomic E-state index is 14.8. The summed E-state index contributed by atoms with van der Waals surface area (Å²) in [6, 6.07) is 9.63. The van der Waals surface area contributed by atoms with Crippen LogP contribution in [0.5, 0.6) is 5.88 Å². The van der Waals surface area contributed by atoms with E-state index in [1.54, 1.807) is 19.9 Å². The van der Waals surface area contributed by atoms with Gasteiger partial charge in [-0.25, -0.2) is 8.42 Å². The summed E-state index contributed by atoms with van der Waals surface area (Å²) in [5, 5.41) is 22.7. The number of ether oxygens (including phenoxy) is 2. The van der Waals surface area contributed by atoms with E-state index in [0.717, 1.165) is 58.8 Å². The average molecular weight is 760 g/mol. The topological polar surface area (TPSA) is 151 Å². The molecule has 13 nitrogen and oxygen atoms in total. The summed E-state index contributed by atoms with van der Waals surface area (Å²) < 4.78 is 45.5. The Kier molecular flexibility index (Phi) is 10.3. The molecule has 3 aliphatic rings. The van der Waals surface area contributed by atoms with Gasteiger partial charge in [0.2, 0.25) is 15.9 Å². The Morgan fingerprint density at radius 2 is 1.76 bits per heavy atom. The number of aliphatic carboxylic acids is 1. The second kappa shape index (κ2) is 14.5. The van der Waals surface area contributed by atoms with E-state index in [1.807, 2.05) is 62.6 Å². The van der Waals surface area contributed by atoms with Crippen molar-refractivity contribution in [2.75, 3.05) is 44.7 Å². The van der Waals surface area contributed by atoms with Crippen molar-refractivity contribution in [3.05, 3.63) is 75.7 Å². The number of benzene rings is 1. The smallest absolute Gasteiger partial charge is 0.310 e. The normalized spacial score (nSPS) is 20.0. The second-order valence-electron chi connectivity index (χ2n) is 16.2. The van der Waals surface area contributed by atoms with Crippen molar-refractivity contribution >= 4 is 27.5 Å². The monoisotopic (exact) mass is 759 g/mol. The molecule has 7 rings (SSSR count). The van der Waals surface area contributed by atoms with Crippen molar-refractivity contribution in [2.45, 2.75) is 103 Å². The molecule has 0 unspecified atom stereocenters. The van der Waals surface area contributed by atoms with Gasteiger partial charge in [0.1, 0.15) is 22.1 Å². The SMILES string of the molecule is Cc1ccc([C@H](c2ccn3c(C)nnc3c2C)C(C)(C)C(=O)O)cc1CN1CC2(CCOCC2)Oc2nc(N[C@@H](C)CN3CCCC3)c(C)cc2S1(=O)=O. The molecular formula is C40H53N7O6S. The van der Waals surface area contributed by atoms with E-state index in [4.69, 9.17) is 14.5 Å². The molecule has 0 amide bonds. The molecular weight excluding hydrogens is 707 g/mol. The van der Waals surface area contributed by atoms with Gasteiger partial charge in [-0.05, 0) is 120 Å². The fourth-order valence-corrected chi connectivity index (χ4v) is 10.0. The number of carbonyl (C=O) groups is 1. The lowest BCUT2D eigenvalue weighted by Gasteiger charge is -2.38. The van der Waals surface area contributed by atoms with Crippen molar-refractivity contribution in [1.29, 1.82) is 0 Å². The third-order valence-electron chi connectivity index (χ3n) is 11.7. The summed E-state index contributed by atoms with van der Waals surface area (Å²) in [7, 11) is -4.09. The summed E-state index contributed by atoms with van der Waals surface area (Å²) in [4.78, 5) is 20.3. The first-order valence-electron chi connectivity index (χ1n) is 19.0. The number of sulfonamides is 1. The molecule has 2 saturated heterocycles. The van der Waals surface area contributed by atoms with Crippen LogP contribution in [0.4, 0.5) is 5.82 Å². The van der Waals surface area contributed by atoms with Crippen LogP contribution in [0.2, 0.25) is 0 Å². The molecule has 290 valence electrons. The molecule has 14 heteroatoms. The first kappa shape index (κ1) is 38.2. The highest BCUT2D eigenvalue weighted by molar-refractivity contribution is 7.89. The van der Waals surface area contributed by atoms with E-state index in [1.165, 1.54) is 17.1 Å². The molecule has 1 aromatic carbocycles. The molecule has 3 aliphatic heterocycles. The van der Waals surface area contributed by atoms with Crippen LogP contribution in [0.25, 0.3) is 5.65 Å². The molecule has 0 bridgehead atoms. The predicted molar refractivity (Wildman–Crippen MR) is 206 cm³/mol. The number of aromatic nitrogens is 4. The molecule has 2 fully saturated rings. The lowest BCUT2D eigenvalue weighted by atomic mass is 9.70. The van der Waals surface area contributed by atoms with Crippen LogP contribution in [-0.4, -0.2) is 99.3 Å². The van der Waals surface area contributed by atoms with E-state index in [2.05, 4.69) is 27.3 Å². The fourth-order valence-electron chi connectivity index (χ4n) is 8.40. The number of pyridine rings is 2. The third-order valence-corrected chi connectivity index (χ3v) is 13.5. The van der Waals surface area contributed by atoms with Crippen molar-refractivity contribution in [3.8, 4) is 5.88 Å². The Bertz CT molecular complexity index is 2170. The maximum absolute atomic E-state index is 14.8. The molecule has 1 spiro atoms. The van der Waals surface area contributed by atoms with E-state index >= 15 is 0 Å². The molecule has 2 N–H and O–H groups in total. The number of anilines is 1. The highest BCUT2D eigenvalue weighted by Crippen LogP contribution is 2.45. The Morgan fingerprint density at radius 1 is 1.04 bits per heavy atom. The van der Waals surface area contributed by atoms with Crippen LogP contribution in [-0.2, 0) is 26.1 Å². The average Bonchev–Trinajstić information content (AvgIpc) is 3.76. The predicted octanol–water partition coefficient (Wildman–Crippen LogP) is 5.63. The quantitative estimate of drug-likeness (QED) is 0.207. The van der Waals surface area contributed by atoms with E-state index < -0.39 is 32.9 Å². The van der Waals surface area contributed by atoms with Crippen LogP contribution >= 0.6 is 0 Å². The van der Waals surface area contributed by atoms with Gasteiger partial charge < -0.3 is 24.8 Å². The standard InChI is InChI=1S/C40H53N7O6S/c1-25-10-11-30(34(39(6,7)38(48)49)32-12-17-47-29(5)43-44-36(47)28(32)4)21-31(25)23-46-24-40(13-18-52-19-14-40)53-37-33(54(46,50)51)20-26(2)35(42-37)41-27(3)22-45-15-8-9-16-45/h10-12,17,20-21,27,34H,8-9,13-16,18-19,22-24H2,1-7H3,(H,41,42)(H,48,49)/t27-,34+/m0/s1. The van der Waals surface area contributed by atoms with E-state index in [-0.39, 0.29) is 29.9 Å². The number of hydrogen-bond acceptors (Lipinski definition) is 10. The van der Waals surface area contributed by atoms with Crippen molar-refractivity contribution in [2.24, 2.45) is 5.41 Å². The van der Waals surface area contributed by atoms with Crippen LogP contribution in [0.3, 0.4) is 0 Å². The molecule has 3 aromatic heterocycles. The zero-order chi connectivity index (χ0) is 38.6. The molecule has 54 heavy (non-hydrogen) atoms. The summed E-state index contributed by atoms with van der Waals surface area (Å²) in [5.74, 6) is -0.0450. The lowest BCUT2D eigenvalue weighted by molar-refractivity contribution is -0.147. The summed E-state index contributed by atoms with van der Waals surface area (Å²) >= 11 is 0. The number of likely N-dealkylation sites (tertiary alicyclic amines) is 1. The zero-order valence-corrected chi connectivity index (χ0v) is 33.3. The van der Waals surface area contributed by atoms with Crippen LogP contribution in [0.15, 0.2) is 41.4 Å². The second-order valence-corrected chi connectivity index (χ2v) is 18.1. The Balaban J connectivity index is 1.27. The number of rotatable bonds is 10. The van der Waals surface area contributed by atoms with Gasteiger partial charge in [0.15, 0.2) is 5.65 Å². The number of aryl methyl sites for hydroxylation is 4. The van der Waals surface area contributed by atoms with Gasteiger partial charge in [0, 0.05) is 44.1 Å². The van der Waals surface area contributed by atoms with Crippen molar-refractivity contribution < 1.29 is 27.8 Å². The lowest BCUT2D eigenvalue weighted by Crippen LogP contribution is -2.50. The molecule has 0 radical (unpaired) electrons. The molecule has 0 aliphatic carbocycles. The molecule has 0 saturated carbocycles. The van der Waals surface area contributed by atoms with Gasteiger partial charge >= 0.3 is 5.97 Å². The number of nitrogens with one attached hydrogen (secondary N) is 1. The minimum absolute atomic E-state index is 0.0485. The van der Waals surface area contributed by atoms with E-state index in [9.17, 15) is 18.3 Å². The van der Waals surface area contributed by atoms with Crippen LogP contribution < -0.4 is 10.1 Å². The molecule has 6 heterocycles. The largest absolute Gasteiger partial charge is 0.481 e. The number of nitrogens with zero attached hydrogens (tertiary/aromatic N) is 6. The van der Waals surface area contributed by atoms with Crippen molar-refractivity contribution in [1.82, 2.24) is 28.8 Å². The number of carboxylic acid groups (broad SMARTS) is 1. The minimum Gasteiger partial charge on any atom is -0.481 e. The van der Waals surface area contributed by atoms with Gasteiger partial charge in [0.05, 0.1) is 25.2 Å². The summed E-state index contributed by atoms with van der Waals surface area (Å²) in [5.41, 5.74) is 3.45. The van der Waals surface area contributed by atoms with Gasteiger partial charge in [0.25, 0.3) is 0 Å². The van der Waals surface area contributed by atoms with Crippen LogP contribution in [0, 0.1) is 33.1 Å². The Labute approximate surface area is 318 Å². The first-order chi connectivity index (χ1) is 25.6. The zero-order valence-electron chi connectivity index (χ0n) is 32.5. The number of fused-ring (bicyclic) bond motifs is 2. The first-order valence-corrected chi connectivity index (χ1v) is 20.4. The summed E-state index contributed by atoms with van der Waals surface area (Å²) in [6.45, 7) is 17.4. The highest BCUT2D eigenvalue weighted by Gasteiger charge is 2.46. The fraction of sp³-hybridized carbons (Fsp3) is 0.550. The van der Waals surface area contributed by atoms with Gasteiger partial charge in [-0.3, -0.25) is 9.20 Å². The third kappa shape index (κ3) is 7.09. The van der Waals surface area contributed by atoms with Crippen molar-refractivity contribution in [3.63, 3.8) is 0 Å². The molecule has 4 aromatic rings. The van der Waals surface area contributed by atoms with E-state index in [0.29, 0.717) is 37.5 Å². The van der Waals surface area contributed by atoms with Gasteiger partial charge in [-0.15, -0.1) is 10.2 Å². The van der Waals surface area contributed by atoms with Gasteiger partial charge in [-0.2, -0.15) is 9.29 Å².